The van der Waals surface area contributed by atoms with Gasteiger partial charge < -0.3 is 15.7 Å². The van der Waals surface area contributed by atoms with Crippen molar-refractivity contribution in [3.05, 3.63) is 40.4 Å². The molecule has 1 aliphatic rings. The number of hydrogen-bond donors (Lipinski definition) is 3. The van der Waals surface area contributed by atoms with Gasteiger partial charge in [-0.25, -0.2) is 9.78 Å². The fourth-order valence-corrected chi connectivity index (χ4v) is 4.07. The molecule has 1 saturated heterocycles. The molecule has 1 unspecified atom stereocenters. The Bertz CT molecular complexity index is 890. The number of carboxylic acids is 1. The molecule has 1 aromatic heterocycles. The smallest absolute Gasteiger partial charge is 0.335 e. The predicted octanol–water partition coefficient (Wildman–Crippen LogP) is 2.75. The summed E-state index contributed by atoms with van der Waals surface area (Å²) in [5.74, 6) is -1.49. The number of amides is 2. The summed E-state index contributed by atoms with van der Waals surface area (Å²) in [6, 6.07) is 6.07. The van der Waals surface area contributed by atoms with E-state index in [1.807, 2.05) is 18.7 Å². The molecular weight excluding hydrogens is 392 g/mol. The highest BCUT2D eigenvalue weighted by atomic mass is 32.1. The molecule has 29 heavy (non-hydrogen) atoms. The number of anilines is 2. The molecule has 0 radical (unpaired) electrons. The van der Waals surface area contributed by atoms with Crippen LogP contribution in [0.15, 0.2) is 24.3 Å². The Morgan fingerprint density at radius 1 is 1.21 bits per heavy atom. The molecule has 1 aromatic carbocycles. The minimum absolute atomic E-state index is 0.121. The lowest BCUT2D eigenvalue weighted by molar-refractivity contribution is -0.123. The predicted molar refractivity (Wildman–Crippen MR) is 111 cm³/mol. The Balaban J connectivity index is 1.51. The molecule has 1 aliphatic heterocycles. The molecule has 2 aromatic rings. The number of nitrogens with zero attached hydrogens (tertiary/aromatic N) is 2. The van der Waals surface area contributed by atoms with Gasteiger partial charge in [-0.3, -0.25) is 14.5 Å². The zero-order valence-corrected chi connectivity index (χ0v) is 17.2. The second kappa shape index (κ2) is 9.15. The van der Waals surface area contributed by atoms with E-state index < -0.39 is 5.97 Å². The first-order chi connectivity index (χ1) is 13.8. The van der Waals surface area contributed by atoms with Crippen molar-refractivity contribution in [3.63, 3.8) is 0 Å². The molecule has 3 rings (SSSR count). The quantitative estimate of drug-likeness (QED) is 0.668. The van der Waals surface area contributed by atoms with Gasteiger partial charge in [-0.15, -0.1) is 11.3 Å². The molecule has 2 heterocycles. The van der Waals surface area contributed by atoms with Crippen LogP contribution >= 0.6 is 11.3 Å². The van der Waals surface area contributed by atoms with Crippen molar-refractivity contribution in [2.75, 3.05) is 30.3 Å². The van der Waals surface area contributed by atoms with Crippen LogP contribution in [0.2, 0.25) is 0 Å². The van der Waals surface area contributed by atoms with Crippen LogP contribution in [0.3, 0.4) is 0 Å². The number of hydrogen-bond acceptors (Lipinski definition) is 6. The number of nitrogens with one attached hydrogen (secondary N) is 2. The third-order valence-electron chi connectivity index (χ3n) is 4.92. The molecule has 8 nitrogen and oxygen atoms in total. The Hall–Kier alpha value is -2.78. The van der Waals surface area contributed by atoms with Crippen LogP contribution in [-0.4, -0.2) is 52.4 Å². The van der Waals surface area contributed by atoms with Gasteiger partial charge in [0.15, 0.2) is 5.13 Å². The summed E-state index contributed by atoms with van der Waals surface area (Å²) >= 11 is 1.45. The summed E-state index contributed by atoms with van der Waals surface area (Å²) in [4.78, 5) is 43.2. The Kier molecular flexibility index (Phi) is 6.60. The van der Waals surface area contributed by atoms with E-state index in [0.717, 1.165) is 30.0 Å². The number of aryl methyl sites for hydroxylation is 2. The highest BCUT2D eigenvalue weighted by molar-refractivity contribution is 7.15. The van der Waals surface area contributed by atoms with E-state index in [1.165, 1.54) is 23.5 Å². The van der Waals surface area contributed by atoms with Gasteiger partial charge in [0.2, 0.25) is 11.8 Å². The van der Waals surface area contributed by atoms with E-state index in [1.54, 1.807) is 12.1 Å². The first kappa shape index (κ1) is 20.9. The number of carbonyl (C=O) groups is 3. The van der Waals surface area contributed by atoms with Crippen LogP contribution in [-0.2, 0) is 9.59 Å². The first-order valence-electron chi connectivity index (χ1n) is 9.42. The molecule has 9 heteroatoms. The number of aromatic carboxylic acids is 1. The average molecular weight is 417 g/mol. The van der Waals surface area contributed by atoms with E-state index in [9.17, 15) is 14.4 Å². The van der Waals surface area contributed by atoms with E-state index in [0.29, 0.717) is 17.4 Å². The third kappa shape index (κ3) is 5.61. The minimum atomic E-state index is -1.01. The SMILES string of the molecule is Cc1nc(NC(=O)CN2CCCC(C(=O)Nc3ccc(C(=O)O)cc3)C2)sc1C. The van der Waals surface area contributed by atoms with Crippen molar-refractivity contribution >= 4 is 39.9 Å². The van der Waals surface area contributed by atoms with Gasteiger partial charge in [0.25, 0.3) is 0 Å². The fraction of sp³-hybridized carbons (Fsp3) is 0.400. The van der Waals surface area contributed by atoms with E-state index >= 15 is 0 Å². The fourth-order valence-electron chi connectivity index (χ4n) is 3.24. The van der Waals surface area contributed by atoms with E-state index in [4.69, 9.17) is 5.11 Å². The van der Waals surface area contributed by atoms with Crippen LogP contribution < -0.4 is 10.6 Å². The summed E-state index contributed by atoms with van der Waals surface area (Å²) in [6.45, 7) is 5.36. The molecule has 1 atom stereocenters. The molecule has 1 fully saturated rings. The second-order valence-electron chi connectivity index (χ2n) is 7.15. The molecule has 2 amide bonds. The van der Waals surface area contributed by atoms with Gasteiger partial charge in [0.05, 0.1) is 23.7 Å². The summed E-state index contributed by atoms with van der Waals surface area (Å²) in [6.07, 6.45) is 1.58. The van der Waals surface area contributed by atoms with Crippen molar-refractivity contribution in [1.29, 1.82) is 0 Å². The van der Waals surface area contributed by atoms with Gasteiger partial charge in [-0.2, -0.15) is 0 Å². The largest absolute Gasteiger partial charge is 0.478 e. The van der Waals surface area contributed by atoms with Gasteiger partial charge in [-0.1, -0.05) is 0 Å². The molecular formula is C20H24N4O4S. The number of piperidine rings is 1. The van der Waals surface area contributed by atoms with Gasteiger partial charge >= 0.3 is 5.97 Å². The molecule has 0 aliphatic carbocycles. The Morgan fingerprint density at radius 3 is 2.55 bits per heavy atom. The average Bonchev–Trinajstić information content (AvgIpc) is 2.99. The Labute approximate surface area is 172 Å². The zero-order valence-electron chi connectivity index (χ0n) is 16.4. The van der Waals surface area contributed by atoms with Gasteiger partial charge in [-0.05, 0) is 57.5 Å². The lowest BCUT2D eigenvalue weighted by atomic mass is 9.97. The summed E-state index contributed by atoms with van der Waals surface area (Å²) < 4.78 is 0. The summed E-state index contributed by atoms with van der Waals surface area (Å²) in [5, 5.41) is 15.2. The maximum Gasteiger partial charge on any atom is 0.335 e. The maximum absolute atomic E-state index is 12.6. The van der Waals surface area contributed by atoms with E-state index in [-0.39, 0.29) is 29.8 Å². The zero-order chi connectivity index (χ0) is 21.0. The lowest BCUT2D eigenvalue weighted by Crippen LogP contribution is -2.43. The monoisotopic (exact) mass is 416 g/mol. The lowest BCUT2D eigenvalue weighted by Gasteiger charge is -2.31. The van der Waals surface area contributed by atoms with E-state index in [2.05, 4.69) is 15.6 Å². The number of aromatic nitrogens is 1. The van der Waals surface area contributed by atoms with Crippen molar-refractivity contribution in [2.24, 2.45) is 5.92 Å². The number of rotatable bonds is 6. The van der Waals surface area contributed by atoms with Crippen LogP contribution in [0.5, 0.6) is 0 Å². The Morgan fingerprint density at radius 2 is 1.93 bits per heavy atom. The second-order valence-corrected chi connectivity index (χ2v) is 8.36. The molecule has 0 saturated carbocycles. The molecule has 0 bridgehead atoms. The third-order valence-corrected chi connectivity index (χ3v) is 5.91. The highest BCUT2D eigenvalue weighted by Crippen LogP contribution is 2.22. The topological polar surface area (TPSA) is 112 Å². The molecule has 154 valence electrons. The highest BCUT2D eigenvalue weighted by Gasteiger charge is 2.27. The van der Waals surface area contributed by atoms with Crippen LogP contribution in [0.4, 0.5) is 10.8 Å². The van der Waals surface area contributed by atoms with Crippen molar-refractivity contribution in [1.82, 2.24) is 9.88 Å². The van der Waals surface area contributed by atoms with Crippen LogP contribution in [0, 0.1) is 19.8 Å². The number of carbonyl (C=O) groups excluding carboxylic acids is 2. The minimum Gasteiger partial charge on any atom is -0.478 e. The van der Waals surface area contributed by atoms with Crippen molar-refractivity contribution < 1.29 is 19.5 Å². The van der Waals surface area contributed by atoms with Crippen LogP contribution in [0.1, 0.15) is 33.8 Å². The van der Waals surface area contributed by atoms with Gasteiger partial charge in [0.1, 0.15) is 0 Å². The standard InChI is InChI=1S/C20H24N4O4S/c1-12-13(2)29-20(21-12)23-17(25)11-24-9-3-4-15(10-24)18(26)22-16-7-5-14(6-8-16)19(27)28/h5-8,15H,3-4,9-11H2,1-2H3,(H,22,26)(H,27,28)(H,21,23,25). The van der Waals surface area contributed by atoms with Crippen molar-refractivity contribution in [3.8, 4) is 0 Å². The number of likely N-dealkylation sites (tertiary alicyclic amines) is 1. The summed E-state index contributed by atoms with van der Waals surface area (Å²) in [7, 11) is 0. The maximum atomic E-state index is 12.6. The molecule has 3 N–H and O–H groups in total. The van der Waals surface area contributed by atoms with Gasteiger partial charge in [0, 0.05) is 17.1 Å². The summed E-state index contributed by atoms with van der Waals surface area (Å²) in [5.41, 5.74) is 1.64. The number of benzene rings is 1. The number of thiazole rings is 1. The number of carboxylic acid groups (broad SMARTS) is 1. The molecule has 0 spiro atoms. The normalized spacial score (nSPS) is 17.0. The first-order valence-corrected chi connectivity index (χ1v) is 10.2. The van der Waals surface area contributed by atoms with Crippen molar-refractivity contribution in [2.45, 2.75) is 26.7 Å². The van der Waals surface area contributed by atoms with Crippen LogP contribution in [0.25, 0.3) is 0 Å².